The van der Waals surface area contributed by atoms with E-state index < -0.39 is 17.6 Å². The maximum absolute atomic E-state index is 12.6. The number of ether oxygens (including phenoxy) is 1. The highest BCUT2D eigenvalue weighted by molar-refractivity contribution is 6.32. The first-order chi connectivity index (χ1) is 13.6. The third-order valence-electron chi connectivity index (χ3n) is 3.86. The Morgan fingerprint density at radius 3 is 2.76 bits per heavy atom. The number of rotatable bonds is 7. The molecule has 0 aliphatic heterocycles. The maximum atomic E-state index is 12.6. The van der Waals surface area contributed by atoms with E-state index in [1.807, 2.05) is 0 Å². The molecule has 0 fully saturated rings. The van der Waals surface area contributed by atoms with Crippen molar-refractivity contribution in [3.8, 4) is 5.69 Å². The van der Waals surface area contributed by atoms with E-state index in [1.165, 1.54) is 23.7 Å². The second kappa shape index (κ2) is 9.26. The van der Waals surface area contributed by atoms with E-state index in [9.17, 15) is 9.59 Å². The lowest BCUT2D eigenvalue weighted by atomic mass is 10.1. The van der Waals surface area contributed by atoms with Gasteiger partial charge in [-0.1, -0.05) is 16.7 Å². The molecule has 29 heavy (non-hydrogen) atoms. The highest BCUT2D eigenvalue weighted by Crippen LogP contribution is 2.25. The van der Waals surface area contributed by atoms with Crippen LogP contribution in [0.4, 0.5) is 10.5 Å². The van der Waals surface area contributed by atoms with Crippen LogP contribution in [0.15, 0.2) is 35.8 Å². The van der Waals surface area contributed by atoms with E-state index in [0.29, 0.717) is 11.4 Å². The Kier molecular flexibility index (Phi) is 7.03. The fraction of sp³-hybridized carbons (Fsp3) is 0.412. The number of anilines is 1. The van der Waals surface area contributed by atoms with E-state index in [-0.39, 0.29) is 18.2 Å². The zero-order valence-corrected chi connectivity index (χ0v) is 17.2. The fourth-order valence-corrected chi connectivity index (χ4v) is 2.50. The van der Waals surface area contributed by atoms with E-state index >= 15 is 0 Å². The third kappa shape index (κ3) is 5.84. The van der Waals surface area contributed by atoms with Crippen LogP contribution in [0.1, 0.15) is 13.8 Å². The summed E-state index contributed by atoms with van der Waals surface area (Å²) in [7, 11) is 2.96. The van der Waals surface area contributed by atoms with E-state index in [1.54, 1.807) is 44.6 Å². The summed E-state index contributed by atoms with van der Waals surface area (Å²) in [5.41, 5.74) is 8.46. The van der Waals surface area contributed by atoms with Gasteiger partial charge in [-0.3, -0.25) is 9.78 Å². The lowest BCUT2D eigenvalue weighted by Crippen LogP contribution is -2.43. The van der Waals surface area contributed by atoms with Gasteiger partial charge in [-0.25, -0.2) is 9.48 Å². The van der Waals surface area contributed by atoms with Crippen LogP contribution in [0.3, 0.4) is 0 Å². The maximum Gasteiger partial charge on any atom is 0.410 e. The van der Waals surface area contributed by atoms with Gasteiger partial charge in [0.25, 0.3) is 0 Å². The van der Waals surface area contributed by atoms with Crippen molar-refractivity contribution in [3.63, 3.8) is 0 Å². The molecular weight excluding hydrogens is 400 g/mol. The van der Waals surface area contributed by atoms with Crippen molar-refractivity contribution in [2.24, 2.45) is 5.11 Å². The molecule has 2 aromatic rings. The van der Waals surface area contributed by atoms with Gasteiger partial charge in [0.1, 0.15) is 17.8 Å². The van der Waals surface area contributed by atoms with Crippen LogP contribution in [-0.2, 0) is 9.53 Å². The van der Waals surface area contributed by atoms with Gasteiger partial charge in [0.15, 0.2) is 5.15 Å². The van der Waals surface area contributed by atoms with Gasteiger partial charge in [0.05, 0.1) is 24.6 Å². The molecule has 0 aliphatic rings. The number of aromatic nitrogens is 3. The molecule has 2 rings (SSSR count). The van der Waals surface area contributed by atoms with Crippen molar-refractivity contribution in [1.29, 1.82) is 0 Å². The van der Waals surface area contributed by atoms with Gasteiger partial charge in [0, 0.05) is 25.2 Å². The minimum absolute atomic E-state index is 0.0277. The normalized spacial score (nSPS) is 10.8. The zero-order valence-electron chi connectivity index (χ0n) is 16.5. The zero-order chi connectivity index (χ0) is 21.6. The Morgan fingerprint density at radius 2 is 2.14 bits per heavy atom. The van der Waals surface area contributed by atoms with Crippen molar-refractivity contribution in [2.45, 2.75) is 19.4 Å². The Morgan fingerprint density at radius 1 is 1.41 bits per heavy atom. The van der Waals surface area contributed by atoms with Gasteiger partial charge < -0.3 is 14.5 Å². The molecule has 11 nitrogen and oxygen atoms in total. The number of carbonyl (C=O) groups is 2. The van der Waals surface area contributed by atoms with E-state index in [0.717, 1.165) is 4.90 Å². The molecule has 0 spiro atoms. The molecule has 154 valence electrons. The van der Waals surface area contributed by atoms with Crippen molar-refractivity contribution in [1.82, 2.24) is 19.7 Å². The molecule has 12 heteroatoms. The predicted octanol–water partition coefficient (Wildman–Crippen LogP) is 3.04. The van der Waals surface area contributed by atoms with Gasteiger partial charge in [-0.05, 0) is 31.5 Å². The Labute approximate surface area is 172 Å². The van der Waals surface area contributed by atoms with Crippen LogP contribution in [0.5, 0.6) is 0 Å². The number of hydrogen-bond donors (Lipinski definition) is 0. The van der Waals surface area contributed by atoms with E-state index in [4.69, 9.17) is 21.9 Å². The SMILES string of the molecule is CN(CC(=O)N(C)c1cn(-c2cccnc2)nc1Cl)C(=O)OC(C)(C)CN=[N+]=[N-]. The van der Waals surface area contributed by atoms with Crippen molar-refractivity contribution in [3.05, 3.63) is 46.3 Å². The highest BCUT2D eigenvalue weighted by Gasteiger charge is 2.26. The molecule has 0 atom stereocenters. The Balaban J connectivity index is 2.04. The molecule has 0 N–H and O–H groups in total. The molecule has 0 unspecified atom stereocenters. The number of azide groups is 1. The first-order valence-corrected chi connectivity index (χ1v) is 8.89. The minimum Gasteiger partial charge on any atom is -0.443 e. The highest BCUT2D eigenvalue weighted by atomic mass is 35.5. The average molecular weight is 421 g/mol. The standard InChI is InChI=1S/C17H21ClN8O3/c1-17(2,11-21-23-19)29-16(28)24(3)10-14(27)25(4)13-9-26(22-15(13)18)12-6-5-7-20-8-12/h5-9H,10-11H2,1-4H3. The van der Waals surface area contributed by atoms with Crippen LogP contribution in [0, 0.1) is 0 Å². The van der Waals surface area contributed by atoms with Crippen molar-refractivity contribution >= 4 is 29.3 Å². The lowest BCUT2D eigenvalue weighted by Gasteiger charge is -2.27. The minimum atomic E-state index is -0.999. The smallest absolute Gasteiger partial charge is 0.410 e. The molecule has 0 radical (unpaired) electrons. The van der Waals surface area contributed by atoms with E-state index in [2.05, 4.69) is 20.1 Å². The quantitative estimate of drug-likeness (QED) is 0.386. The number of nitrogens with zero attached hydrogens (tertiary/aromatic N) is 8. The number of hydrogen-bond acceptors (Lipinski definition) is 6. The summed E-state index contributed by atoms with van der Waals surface area (Å²) < 4.78 is 6.78. The molecule has 2 amide bonds. The fourth-order valence-electron chi connectivity index (χ4n) is 2.25. The number of halogens is 1. The summed E-state index contributed by atoms with van der Waals surface area (Å²) in [5, 5.41) is 7.71. The molecule has 0 saturated carbocycles. The monoisotopic (exact) mass is 420 g/mol. The third-order valence-corrected chi connectivity index (χ3v) is 4.13. The number of amides is 2. The molecule has 2 heterocycles. The molecule has 0 aliphatic carbocycles. The van der Waals surface area contributed by atoms with Gasteiger partial charge in [0.2, 0.25) is 5.91 Å². The number of likely N-dealkylation sites (N-methyl/N-ethyl adjacent to an activating group) is 2. The summed E-state index contributed by atoms with van der Waals surface area (Å²) in [4.78, 5) is 33.9. The van der Waals surface area contributed by atoms with Gasteiger partial charge >= 0.3 is 6.09 Å². The van der Waals surface area contributed by atoms with Crippen molar-refractivity contribution < 1.29 is 14.3 Å². The number of pyridine rings is 1. The Hall–Kier alpha value is -3.30. The largest absolute Gasteiger partial charge is 0.443 e. The molecule has 0 aromatic carbocycles. The second-order valence-corrected chi connectivity index (χ2v) is 7.14. The summed E-state index contributed by atoms with van der Waals surface area (Å²) in [6.45, 7) is 2.93. The summed E-state index contributed by atoms with van der Waals surface area (Å²) in [6.07, 6.45) is 4.12. The Bertz CT molecular complexity index is 924. The molecular formula is C17H21ClN8O3. The topological polar surface area (TPSA) is 129 Å². The molecule has 2 aromatic heterocycles. The van der Waals surface area contributed by atoms with Gasteiger partial charge in [-0.15, -0.1) is 0 Å². The van der Waals surface area contributed by atoms with Crippen LogP contribution in [-0.4, -0.2) is 64.5 Å². The summed E-state index contributed by atoms with van der Waals surface area (Å²) in [6, 6.07) is 3.55. The molecule has 0 saturated heterocycles. The first-order valence-electron chi connectivity index (χ1n) is 8.51. The first kappa shape index (κ1) is 22.0. The van der Waals surface area contributed by atoms with Crippen molar-refractivity contribution in [2.75, 3.05) is 32.1 Å². The summed E-state index contributed by atoms with van der Waals surface area (Å²) in [5.74, 6) is -0.398. The molecule has 0 bridgehead atoms. The predicted molar refractivity (Wildman–Crippen MR) is 107 cm³/mol. The van der Waals surface area contributed by atoms with Crippen LogP contribution in [0.25, 0.3) is 16.1 Å². The lowest BCUT2D eigenvalue weighted by molar-refractivity contribution is -0.119. The van der Waals surface area contributed by atoms with Crippen LogP contribution >= 0.6 is 11.6 Å². The van der Waals surface area contributed by atoms with Crippen LogP contribution < -0.4 is 4.90 Å². The van der Waals surface area contributed by atoms with Gasteiger partial charge in [-0.2, -0.15) is 5.10 Å². The average Bonchev–Trinajstić information content (AvgIpc) is 3.07. The second-order valence-electron chi connectivity index (χ2n) is 6.79. The summed E-state index contributed by atoms with van der Waals surface area (Å²) >= 11 is 6.18. The van der Waals surface area contributed by atoms with Crippen LogP contribution in [0.2, 0.25) is 5.15 Å². The number of carbonyl (C=O) groups excluding carboxylic acids is 2.